The molecule has 0 atom stereocenters. The molecule has 1 amide bonds. The number of rotatable bonds is 20. The van der Waals surface area contributed by atoms with E-state index in [1.54, 1.807) is 142 Å². The summed E-state index contributed by atoms with van der Waals surface area (Å²) in [4.78, 5) is 102. The molecule has 0 fully saturated rings. The molecule has 0 unspecified atom stereocenters. The van der Waals surface area contributed by atoms with Gasteiger partial charge in [0, 0.05) is 88.2 Å². The van der Waals surface area contributed by atoms with Crippen molar-refractivity contribution in [1.29, 1.82) is 5.26 Å². The number of carbonyl (C=O) groups is 4. The molecule has 532 valence electrons. The minimum atomic E-state index is -0.734. The van der Waals surface area contributed by atoms with Crippen LogP contribution in [0, 0.1) is 49.6 Å². The normalized spacial score (nSPS) is 11.1. The average Bonchev–Trinajstić information content (AvgIpc) is 1.63. The Bertz CT molecular complexity index is 6110. The summed E-state index contributed by atoms with van der Waals surface area (Å²) in [6, 6.07) is 39.2. The first-order valence-corrected chi connectivity index (χ1v) is 33.3. The maximum absolute atomic E-state index is 15.0. The minimum Gasteiger partial charge on any atom is -0.451 e. The van der Waals surface area contributed by atoms with Crippen molar-refractivity contribution < 1.29 is 46.6 Å². The number of ketones is 3. The number of halogens is 3. The van der Waals surface area contributed by atoms with Crippen molar-refractivity contribution in [2.24, 2.45) is 26.9 Å². The number of nitriles is 1. The number of carbonyl (C=O) groups excluding carboxylic acids is 4. The van der Waals surface area contributed by atoms with E-state index >= 15 is 0 Å². The third-order valence-corrected chi connectivity index (χ3v) is 18.2. The van der Waals surface area contributed by atoms with Gasteiger partial charge in [-0.15, -0.1) is 11.3 Å². The van der Waals surface area contributed by atoms with Crippen LogP contribution < -0.4 is 36.6 Å². The van der Waals surface area contributed by atoms with Gasteiger partial charge in [-0.05, 0) is 129 Å². The number of fused-ring (bicyclic) bond motifs is 3. The molecule has 0 radical (unpaired) electrons. The van der Waals surface area contributed by atoms with Gasteiger partial charge in [0.15, 0.2) is 63.4 Å². The monoisotopic (exact) mass is 1450 g/mol. The number of pyridine rings is 1. The molecular weight excluding hydrogens is 1380 g/mol. The number of Topliss-reactive ketones (excluding diaryl/α,β-unsaturated/α-hetero) is 3. The van der Waals surface area contributed by atoms with Gasteiger partial charge in [0.25, 0.3) is 16.7 Å². The predicted octanol–water partition coefficient (Wildman–Crippen LogP) is 12.2. The number of hydrogen-bond donors (Lipinski definition) is 1. The Hall–Kier alpha value is -13.9. The van der Waals surface area contributed by atoms with E-state index < -0.39 is 51.6 Å². The molecule has 9 heterocycles. The van der Waals surface area contributed by atoms with Gasteiger partial charge in [-0.1, -0.05) is 67.3 Å². The van der Waals surface area contributed by atoms with Crippen LogP contribution in [0.4, 0.5) is 13.2 Å². The second kappa shape index (κ2) is 30.4. The molecule has 0 saturated heterocycles. The standard InChI is InChI=1S/C27H19FN4O3S.C25H23FN6O4.C25H20FN5O3/c1-16-24(27(34)32(31(16)2)19-6-4-3-5-7-19)22(33)13-17-8-9-23(20(28)12-17)35-25-18(14-29)15-30-21-10-11-36-26(21)25;1-5-6-14(2)32-25(35)22(15(3)30(32)4)20(33)10-16-7-8-21(18(26)9-16)36-24-19-11-17(23(27)34)12-31(19)29-13-28-24;1-16-24(25(33)31(29(16)2)18-6-4-3-5-7-18)20(32)15-17-8-9-21(19(26)14-17)34-23-11-12-27-22-10-13-28-30(22)23/h3-12,15H,13H2,1-2H3;5-9,11-13H,2,10H2,1,3-4H3,(H2,27,34);3-14H,15H2,1-2H3/b;6-5-;. The number of aromatic nitrogens is 13. The lowest BCUT2D eigenvalue weighted by Gasteiger charge is -2.10. The molecule has 14 aromatic rings. The average molecular weight is 1450 g/mol. The summed E-state index contributed by atoms with van der Waals surface area (Å²) in [7, 11) is 5.10. The zero-order valence-electron chi connectivity index (χ0n) is 57.7. The van der Waals surface area contributed by atoms with Crippen molar-refractivity contribution in [3.8, 4) is 52.2 Å². The Balaban J connectivity index is 0.000000149. The first kappa shape index (κ1) is 71.9. The third kappa shape index (κ3) is 14.4. The summed E-state index contributed by atoms with van der Waals surface area (Å²) < 4.78 is 74.2. The molecule has 5 aromatic carbocycles. The Labute approximate surface area is 603 Å². The van der Waals surface area contributed by atoms with E-state index in [-0.39, 0.29) is 81.7 Å². The maximum Gasteiger partial charge on any atom is 0.282 e. The second-order valence-corrected chi connectivity index (χ2v) is 24.9. The fraction of sp³-hybridized carbons (Fsp3) is 0.130. The summed E-state index contributed by atoms with van der Waals surface area (Å²) in [6.45, 7) is 10.8. The third-order valence-electron chi connectivity index (χ3n) is 17.3. The van der Waals surface area contributed by atoms with E-state index in [4.69, 9.17) is 19.9 Å². The molecular formula is C77H62F3N15O10S. The molecule has 2 N–H and O–H groups in total. The van der Waals surface area contributed by atoms with Crippen LogP contribution in [0.5, 0.6) is 34.8 Å². The highest BCUT2D eigenvalue weighted by Crippen LogP contribution is 2.37. The van der Waals surface area contributed by atoms with Crippen molar-refractivity contribution in [2.75, 3.05) is 0 Å². The first-order valence-electron chi connectivity index (χ1n) is 32.4. The summed E-state index contributed by atoms with van der Waals surface area (Å²) in [6.07, 6.45) is 10.0. The van der Waals surface area contributed by atoms with E-state index in [0.29, 0.717) is 78.1 Å². The first-order chi connectivity index (χ1) is 50.9. The van der Waals surface area contributed by atoms with Gasteiger partial charge >= 0.3 is 0 Å². The molecule has 25 nitrogen and oxygen atoms in total. The van der Waals surface area contributed by atoms with Gasteiger partial charge < -0.3 is 19.9 Å². The topological polar surface area (TPSA) is 300 Å². The fourth-order valence-corrected chi connectivity index (χ4v) is 12.7. The molecule has 29 heteroatoms. The van der Waals surface area contributed by atoms with Crippen LogP contribution in [-0.4, -0.2) is 85.5 Å². The van der Waals surface area contributed by atoms with E-state index in [9.17, 15) is 52.0 Å². The largest absolute Gasteiger partial charge is 0.451 e. The van der Waals surface area contributed by atoms with E-state index in [1.807, 2.05) is 47.8 Å². The molecule has 0 spiro atoms. The van der Waals surface area contributed by atoms with E-state index in [1.165, 1.54) is 95.6 Å². The Morgan fingerprint density at radius 1 is 0.613 bits per heavy atom. The van der Waals surface area contributed by atoms with Crippen LogP contribution in [0.2, 0.25) is 0 Å². The van der Waals surface area contributed by atoms with Gasteiger partial charge in [0.1, 0.15) is 40.2 Å². The van der Waals surface area contributed by atoms with Gasteiger partial charge in [0.2, 0.25) is 17.7 Å². The lowest BCUT2D eigenvalue weighted by atomic mass is 10.0. The van der Waals surface area contributed by atoms with Crippen molar-refractivity contribution in [1.82, 2.24) is 62.3 Å². The lowest BCUT2D eigenvalue weighted by Crippen LogP contribution is -2.23. The Morgan fingerprint density at radius 3 is 1.65 bits per heavy atom. The fourth-order valence-electron chi connectivity index (χ4n) is 11.8. The van der Waals surface area contributed by atoms with Crippen molar-refractivity contribution in [2.45, 2.75) is 47.0 Å². The predicted molar refractivity (Wildman–Crippen MR) is 388 cm³/mol. The number of amides is 1. The van der Waals surface area contributed by atoms with Crippen LogP contribution in [0.15, 0.2) is 209 Å². The maximum atomic E-state index is 15.0. The van der Waals surface area contributed by atoms with Crippen LogP contribution in [-0.2, 0) is 40.4 Å². The van der Waals surface area contributed by atoms with Crippen LogP contribution in [0.25, 0.3) is 38.5 Å². The van der Waals surface area contributed by atoms with E-state index in [0.717, 1.165) is 6.07 Å². The summed E-state index contributed by atoms with van der Waals surface area (Å²) in [5.74, 6) is -3.61. The zero-order chi connectivity index (χ0) is 75.4. The van der Waals surface area contributed by atoms with Gasteiger partial charge in [-0.3, -0.25) is 52.6 Å². The van der Waals surface area contributed by atoms with Crippen LogP contribution >= 0.6 is 11.3 Å². The zero-order valence-corrected chi connectivity index (χ0v) is 58.5. The number of primary amides is 1. The van der Waals surface area contributed by atoms with Crippen molar-refractivity contribution in [3.05, 3.63) is 305 Å². The minimum absolute atomic E-state index is 0.0125. The summed E-state index contributed by atoms with van der Waals surface area (Å²) in [5.41, 5.74) is 10.5. The number of hydrogen-bond acceptors (Lipinski definition) is 17. The van der Waals surface area contributed by atoms with Crippen molar-refractivity contribution >= 4 is 61.7 Å². The van der Waals surface area contributed by atoms with Crippen LogP contribution in [0.1, 0.15) is 87.7 Å². The van der Waals surface area contributed by atoms with Gasteiger partial charge in [-0.25, -0.2) is 36.7 Å². The quantitative estimate of drug-likeness (QED) is 0.0547. The number of ether oxygens (including phenoxy) is 3. The van der Waals surface area contributed by atoms with E-state index in [2.05, 4.69) is 31.7 Å². The number of thiophene rings is 1. The Morgan fingerprint density at radius 2 is 1.13 bits per heavy atom. The lowest BCUT2D eigenvalue weighted by molar-refractivity contribution is 0.0982. The molecule has 106 heavy (non-hydrogen) atoms. The molecule has 0 bridgehead atoms. The number of para-hydroxylation sites is 2. The summed E-state index contributed by atoms with van der Waals surface area (Å²) >= 11 is 1.34. The smallest absolute Gasteiger partial charge is 0.282 e. The summed E-state index contributed by atoms with van der Waals surface area (Å²) in [5, 5.41) is 19.3. The molecule has 0 aliphatic heterocycles. The molecule has 9 aromatic heterocycles. The highest BCUT2D eigenvalue weighted by molar-refractivity contribution is 7.17. The highest BCUT2D eigenvalue weighted by atomic mass is 32.1. The molecule has 0 aliphatic carbocycles. The Kier molecular flexibility index (Phi) is 20.6. The molecule has 0 saturated carbocycles. The van der Waals surface area contributed by atoms with Gasteiger partial charge in [0.05, 0.1) is 39.0 Å². The molecule has 14 rings (SSSR count). The number of nitrogens with zero attached hydrogens (tertiary/aromatic N) is 14. The highest BCUT2D eigenvalue weighted by Gasteiger charge is 2.27. The number of allylic oxidation sites excluding steroid dienone is 3. The van der Waals surface area contributed by atoms with Crippen molar-refractivity contribution in [3.63, 3.8) is 0 Å². The van der Waals surface area contributed by atoms with Crippen LogP contribution in [0.3, 0.4) is 0 Å². The second-order valence-electron chi connectivity index (χ2n) is 24.0. The molecule has 0 aliphatic rings. The number of benzene rings is 5. The van der Waals surface area contributed by atoms with Gasteiger partial charge in [-0.2, -0.15) is 25.0 Å². The SMILES string of the molecule is C=C(/C=C\C)n1c(=O)c(C(=O)Cc2ccc(Oc3ncnn4cc(C(N)=O)cc34)c(F)c2)c(C)n1C.Cc1c(C(=O)Cc2ccc(Oc3c(C#N)cnc4ccsc34)c(F)c2)c(=O)n(-c2ccccc2)n1C.Cc1c(C(=O)Cc2ccc(Oc3ccnc4ccnn34)c(F)c2)c(=O)n(-c2ccccc2)n1C. The number of nitrogens with two attached hydrogens (primary N) is 1.